The molecule has 0 radical (unpaired) electrons. The van der Waals surface area contributed by atoms with Crippen LogP contribution in [0, 0.1) is 5.92 Å². The molecular formula is C31H31N3O4. The highest BCUT2D eigenvalue weighted by Crippen LogP contribution is 2.35. The van der Waals surface area contributed by atoms with Gasteiger partial charge in [0.25, 0.3) is 5.91 Å². The molecule has 1 saturated carbocycles. The lowest BCUT2D eigenvalue weighted by Gasteiger charge is -2.24. The molecule has 0 bridgehead atoms. The van der Waals surface area contributed by atoms with Gasteiger partial charge in [-0.15, -0.1) is 0 Å². The largest absolute Gasteiger partial charge is 0.481 e. The molecule has 194 valence electrons. The van der Waals surface area contributed by atoms with Crippen molar-refractivity contribution in [2.45, 2.75) is 38.1 Å². The smallest absolute Gasteiger partial charge is 0.305 e. The molecule has 7 nitrogen and oxygen atoms in total. The van der Waals surface area contributed by atoms with E-state index in [9.17, 15) is 14.4 Å². The van der Waals surface area contributed by atoms with Crippen molar-refractivity contribution in [2.75, 3.05) is 11.9 Å². The Morgan fingerprint density at radius 2 is 1.50 bits per heavy atom. The first kappa shape index (κ1) is 25.3. The zero-order valence-electron chi connectivity index (χ0n) is 21.1. The van der Waals surface area contributed by atoms with Crippen LogP contribution < -0.4 is 10.6 Å². The zero-order chi connectivity index (χ0) is 26.5. The van der Waals surface area contributed by atoms with E-state index in [1.165, 1.54) is 0 Å². The maximum atomic E-state index is 13.4. The molecule has 38 heavy (non-hydrogen) atoms. The van der Waals surface area contributed by atoms with E-state index in [2.05, 4.69) is 10.6 Å². The van der Waals surface area contributed by atoms with Crippen molar-refractivity contribution in [1.29, 1.82) is 0 Å². The first-order chi connectivity index (χ1) is 18.5. The Morgan fingerprint density at radius 3 is 2.11 bits per heavy atom. The van der Waals surface area contributed by atoms with Crippen LogP contribution in [0.1, 0.15) is 59.8 Å². The van der Waals surface area contributed by atoms with Crippen molar-refractivity contribution in [1.82, 2.24) is 9.88 Å². The third-order valence-corrected chi connectivity index (χ3v) is 7.18. The Morgan fingerprint density at radius 1 is 0.868 bits per heavy atom. The van der Waals surface area contributed by atoms with Crippen molar-refractivity contribution in [3.05, 3.63) is 102 Å². The summed E-state index contributed by atoms with van der Waals surface area (Å²) in [6.07, 6.45) is 3.84. The molecule has 7 heteroatoms. The molecule has 5 rings (SSSR count). The van der Waals surface area contributed by atoms with Gasteiger partial charge in [-0.05, 0) is 48.2 Å². The zero-order valence-corrected chi connectivity index (χ0v) is 21.1. The number of hydrogen-bond donors (Lipinski definition) is 3. The quantitative estimate of drug-likeness (QED) is 0.273. The molecule has 1 heterocycles. The molecule has 0 atom stereocenters. The average molecular weight is 510 g/mol. The summed E-state index contributed by atoms with van der Waals surface area (Å²) in [5, 5.41) is 15.7. The van der Waals surface area contributed by atoms with Crippen LogP contribution >= 0.6 is 0 Å². The minimum atomic E-state index is -0.972. The first-order valence-corrected chi connectivity index (χ1v) is 13.1. The summed E-state index contributed by atoms with van der Waals surface area (Å²) < 4.78 is 2.00. The molecule has 2 amide bonds. The predicted octanol–water partition coefficient (Wildman–Crippen LogP) is 5.61. The van der Waals surface area contributed by atoms with E-state index in [0.717, 1.165) is 47.7 Å². The minimum absolute atomic E-state index is 0.0275. The SMILES string of the molecule is O=C(O)CCNC(=O)c1cc2cc(NC(=O)C3CCCC3)ccc2n1C(c1ccccc1)c1ccccc1. The van der Waals surface area contributed by atoms with Crippen LogP contribution in [-0.2, 0) is 9.59 Å². The van der Waals surface area contributed by atoms with E-state index >= 15 is 0 Å². The van der Waals surface area contributed by atoms with E-state index < -0.39 is 5.97 Å². The predicted molar refractivity (Wildman–Crippen MR) is 147 cm³/mol. The number of nitrogens with one attached hydrogen (secondary N) is 2. The maximum absolute atomic E-state index is 13.4. The van der Waals surface area contributed by atoms with Gasteiger partial charge in [0.2, 0.25) is 5.91 Å². The fourth-order valence-electron chi connectivity index (χ4n) is 5.33. The van der Waals surface area contributed by atoms with Gasteiger partial charge in [0.05, 0.1) is 12.5 Å². The molecule has 1 aromatic heterocycles. The van der Waals surface area contributed by atoms with Gasteiger partial charge >= 0.3 is 5.97 Å². The Balaban J connectivity index is 1.60. The highest BCUT2D eigenvalue weighted by Gasteiger charge is 2.26. The van der Waals surface area contributed by atoms with Gasteiger partial charge in [-0.1, -0.05) is 73.5 Å². The van der Waals surface area contributed by atoms with E-state index in [-0.39, 0.29) is 36.7 Å². The van der Waals surface area contributed by atoms with Crippen molar-refractivity contribution in [3.63, 3.8) is 0 Å². The number of carboxylic acid groups (broad SMARTS) is 1. The normalized spacial score (nSPS) is 13.6. The van der Waals surface area contributed by atoms with E-state index in [0.29, 0.717) is 11.4 Å². The molecule has 0 spiro atoms. The number of benzene rings is 3. The second kappa shape index (κ2) is 11.3. The number of rotatable bonds is 9. The number of anilines is 1. The summed E-state index contributed by atoms with van der Waals surface area (Å²) in [7, 11) is 0. The van der Waals surface area contributed by atoms with Crippen LogP contribution in [-0.4, -0.2) is 34.0 Å². The Bertz CT molecular complexity index is 1400. The molecular weight excluding hydrogens is 478 g/mol. The van der Waals surface area contributed by atoms with Crippen LogP contribution in [0.2, 0.25) is 0 Å². The summed E-state index contributed by atoms with van der Waals surface area (Å²) in [4.78, 5) is 37.2. The number of fused-ring (bicyclic) bond motifs is 1. The number of carbonyl (C=O) groups is 3. The van der Waals surface area contributed by atoms with Gasteiger partial charge in [0.1, 0.15) is 5.69 Å². The third kappa shape index (κ3) is 5.47. The second-order valence-electron chi connectivity index (χ2n) is 9.77. The summed E-state index contributed by atoms with van der Waals surface area (Å²) in [5.74, 6) is -1.23. The number of aromatic nitrogens is 1. The number of hydrogen-bond acceptors (Lipinski definition) is 3. The minimum Gasteiger partial charge on any atom is -0.481 e. The molecule has 0 saturated heterocycles. The maximum Gasteiger partial charge on any atom is 0.305 e. The summed E-state index contributed by atoms with van der Waals surface area (Å²) in [6.45, 7) is 0.0275. The number of carboxylic acids is 1. The first-order valence-electron chi connectivity index (χ1n) is 13.1. The Kier molecular flexibility index (Phi) is 7.54. The molecule has 4 aromatic rings. The molecule has 3 aromatic carbocycles. The fraction of sp³-hybridized carbons (Fsp3) is 0.258. The van der Waals surface area contributed by atoms with Gasteiger partial charge < -0.3 is 20.3 Å². The Hall–Kier alpha value is -4.39. The molecule has 0 aliphatic heterocycles. The molecule has 3 N–H and O–H groups in total. The lowest BCUT2D eigenvalue weighted by Crippen LogP contribution is -2.29. The van der Waals surface area contributed by atoms with Gasteiger partial charge in [0.15, 0.2) is 0 Å². The second-order valence-corrected chi connectivity index (χ2v) is 9.77. The van der Waals surface area contributed by atoms with E-state index in [4.69, 9.17) is 5.11 Å². The van der Waals surface area contributed by atoms with Crippen LogP contribution in [0.25, 0.3) is 10.9 Å². The molecule has 1 aliphatic carbocycles. The van der Waals surface area contributed by atoms with Crippen molar-refractivity contribution < 1.29 is 19.5 Å². The number of nitrogens with zero attached hydrogens (tertiary/aromatic N) is 1. The molecule has 1 fully saturated rings. The van der Waals surface area contributed by atoms with Gasteiger partial charge in [-0.2, -0.15) is 0 Å². The lowest BCUT2D eigenvalue weighted by molar-refractivity contribution is -0.136. The molecule has 1 aliphatic rings. The monoisotopic (exact) mass is 509 g/mol. The van der Waals surface area contributed by atoms with Gasteiger partial charge in [-0.25, -0.2) is 0 Å². The summed E-state index contributed by atoms with van der Waals surface area (Å²) in [5.41, 5.74) is 3.97. The van der Waals surface area contributed by atoms with Crippen LogP contribution in [0.5, 0.6) is 0 Å². The topological polar surface area (TPSA) is 100 Å². The summed E-state index contributed by atoms with van der Waals surface area (Å²) >= 11 is 0. The Labute approximate surface area is 221 Å². The number of carbonyl (C=O) groups excluding carboxylic acids is 2. The van der Waals surface area contributed by atoms with Crippen molar-refractivity contribution in [2.24, 2.45) is 5.92 Å². The standard InChI is InChI=1S/C31H31N3O4/c35-28(36)17-18-32-31(38)27-20-24-19-25(33-30(37)23-13-7-8-14-23)15-16-26(24)34(27)29(21-9-3-1-4-10-21)22-11-5-2-6-12-22/h1-6,9-12,15-16,19-20,23,29H,7-8,13-14,17-18H2,(H,32,38)(H,33,37)(H,35,36). The van der Waals surface area contributed by atoms with Gasteiger partial charge in [-0.3, -0.25) is 14.4 Å². The van der Waals surface area contributed by atoms with Gasteiger partial charge in [0, 0.05) is 29.1 Å². The lowest BCUT2D eigenvalue weighted by atomic mass is 9.98. The van der Waals surface area contributed by atoms with Crippen LogP contribution in [0.15, 0.2) is 84.9 Å². The van der Waals surface area contributed by atoms with Crippen LogP contribution in [0.3, 0.4) is 0 Å². The van der Waals surface area contributed by atoms with Crippen molar-refractivity contribution >= 4 is 34.4 Å². The fourth-order valence-corrected chi connectivity index (χ4v) is 5.33. The number of aliphatic carboxylic acids is 1. The summed E-state index contributed by atoms with van der Waals surface area (Å²) in [6, 6.07) is 27.2. The third-order valence-electron chi connectivity index (χ3n) is 7.18. The van der Waals surface area contributed by atoms with Crippen LogP contribution in [0.4, 0.5) is 5.69 Å². The molecule has 0 unspecified atom stereocenters. The highest BCUT2D eigenvalue weighted by atomic mass is 16.4. The average Bonchev–Trinajstić information content (AvgIpc) is 3.59. The number of amides is 2. The van der Waals surface area contributed by atoms with Crippen molar-refractivity contribution in [3.8, 4) is 0 Å². The van der Waals surface area contributed by atoms with E-state index in [1.54, 1.807) is 0 Å². The van der Waals surface area contributed by atoms with E-state index in [1.807, 2.05) is 89.5 Å². The highest BCUT2D eigenvalue weighted by molar-refractivity contribution is 6.01.